The topological polar surface area (TPSA) is 137 Å². The molecule has 0 fully saturated rings. The van der Waals surface area contributed by atoms with Gasteiger partial charge in [-0.15, -0.1) is 0 Å². The average molecular weight is 843 g/mol. The van der Waals surface area contributed by atoms with Gasteiger partial charge in [0, 0.05) is 51.4 Å². The monoisotopic (exact) mass is 843 g/mol. The Balaban J connectivity index is -0.0000000853. The molecule has 0 aromatic heterocycles. The van der Waals surface area contributed by atoms with Crippen LogP contribution in [0, 0.1) is 11.3 Å². The first kappa shape index (κ1) is 73.9. The number of unbranched alkanes of at least 4 members (excludes halogenated alkanes) is 21. The standard InChI is InChI=1S/2C9H18O.C8H16O.C7H14O.C6H12O.C5H10O.C4H8O.C3H6O/c1-8(5-6-10)7-9(2,3)4;1-2-3-4-5-6-7-8-9-10;1-2-3-4-5-6-7-8-9;1-2-3-4-5-6-7-8;1-2-3-4-5-6-7;1-2-3-4-5-6;1-2-3-4-5;1-2-3-4/h6,8H,5,7H2,1-4H3;9H,2-8H2,1H3;8H,2-7H2,1H3;7H,2-6H2,1H3;6H,2-5H2,1H3;5H,2-4H2,1H3;4H,2-3H2,1H3;3H,2H2,1H3. The fourth-order valence-corrected chi connectivity index (χ4v) is 4.67. The van der Waals surface area contributed by atoms with Crippen molar-refractivity contribution in [1.82, 2.24) is 0 Å². The maximum Gasteiger partial charge on any atom is 0.120 e. The van der Waals surface area contributed by atoms with Gasteiger partial charge in [-0.3, -0.25) is 0 Å². The van der Waals surface area contributed by atoms with E-state index in [2.05, 4.69) is 62.3 Å². The average Bonchev–Trinajstić information content (AvgIpc) is 3.21. The highest BCUT2D eigenvalue weighted by Gasteiger charge is 2.14. The first-order valence-corrected chi connectivity index (χ1v) is 23.8. The molecule has 8 heteroatoms. The predicted molar refractivity (Wildman–Crippen MR) is 255 cm³/mol. The van der Waals surface area contributed by atoms with E-state index >= 15 is 0 Å². The predicted octanol–water partition coefficient (Wildman–Crippen LogP) is 15.0. The summed E-state index contributed by atoms with van der Waals surface area (Å²) in [4.78, 5) is 77.4. The van der Waals surface area contributed by atoms with Crippen LogP contribution in [-0.4, -0.2) is 50.3 Å². The van der Waals surface area contributed by atoms with Crippen LogP contribution in [0.4, 0.5) is 0 Å². The van der Waals surface area contributed by atoms with Crippen molar-refractivity contribution in [2.24, 2.45) is 11.3 Å². The van der Waals surface area contributed by atoms with Crippen LogP contribution in [0.5, 0.6) is 0 Å². The Kier molecular flexibility index (Phi) is 104. The summed E-state index contributed by atoms with van der Waals surface area (Å²) in [5.74, 6) is 0.539. The molecule has 59 heavy (non-hydrogen) atoms. The van der Waals surface area contributed by atoms with Crippen molar-refractivity contribution in [3.05, 3.63) is 0 Å². The third-order valence-corrected chi connectivity index (χ3v) is 7.91. The van der Waals surface area contributed by atoms with Gasteiger partial charge in [0.15, 0.2) is 0 Å². The third-order valence-electron chi connectivity index (χ3n) is 7.91. The molecule has 0 spiro atoms. The number of aldehydes is 8. The van der Waals surface area contributed by atoms with Crippen LogP contribution in [0.3, 0.4) is 0 Å². The fourth-order valence-electron chi connectivity index (χ4n) is 4.67. The number of hydrogen-bond donors (Lipinski definition) is 0. The highest BCUT2D eigenvalue weighted by molar-refractivity contribution is 5.50. The van der Waals surface area contributed by atoms with Crippen molar-refractivity contribution in [2.45, 2.75) is 269 Å². The van der Waals surface area contributed by atoms with Gasteiger partial charge >= 0.3 is 0 Å². The van der Waals surface area contributed by atoms with Crippen LogP contribution in [0.2, 0.25) is 0 Å². The van der Waals surface area contributed by atoms with Crippen LogP contribution >= 0.6 is 0 Å². The quantitative estimate of drug-likeness (QED) is 0.0497. The lowest BCUT2D eigenvalue weighted by atomic mass is 9.84. The minimum atomic E-state index is 0.364. The lowest BCUT2D eigenvalue weighted by Crippen LogP contribution is -2.11. The third kappa shape index (κ3) is 142. The molecule has 0 aliphatic carbocycles. The molecule has 0 bridgehead atoms. The number of hydrogen-bond acceptors (Lipinski definition) is 8. The zero-order valence-corrected chi connectivity index (χ0v) is 41.2. The van der Waals surface area contributed by atoms with Crippen molar-refractivity contribution in [3.8, 4) is 0 Å². The number of rotatable bonds is 31. The molecule has 0 aliphatic heterocycles. The Labute approximate surface area is 367 Å². The maximum atomic E-state index is 10.1. The van der Waals surface area contributed by atoms with E-state index in [-0.39, 0.29) is 0 Å². The molecule has 0 N–H and O–H groups in total. The Morgan fingerprint density at radius 1 is 0.322 bits per heavy atom. The summed E-state index contributed by atoms with van der Waals surface area (Å²) in [6.45, 7) is 23.3. The summed E-state index contributed by atoms with van der Waals surface area (Å²) in [5, 5.41) is 0. The molecule has 8 nitrogen and oxygen atoms in total. The van der Waals surface area contributed by atoms with Crippen molar-refractivity contribution in [3.63, 3.8) is 0 Å². The Hall–Kier alpha value is -2.64. The molecule has 1 atom stereocenters. The first-order valence-electron chi connectivity index (χ1n) is 23.8. The van der Waals surface area contributed by atoms with E-state index in [1.807, 2.05) is 13.8 Å². The molecule has 0 aliphatic rings. The minimum Gasteiger partial charge on any atom is -0.303 e. The fraction of sp³-hybridized carbons (Fsp3) is 0.843. The van der Waals surface area contributed by atoms with Gasteiger partial charge in [-0.05, 0) is 56.3 Å². The summed E-state index contributed by atoms with van der Waals surface area (Å²) in [5.41, 5.74) is 0.364. The van der Waals surface area contributed by atoms with E-state index < -0.39 is 0 Å². The summed E-state index contributed by atoms with van der Waals surface area (Å²) < 4.78 is 0. The molecule has 0 saturated carbocycles. The summed E-state index contributed by atoms with van der Waals surface area (Å²) in [7, 11) is 0. The van der Waals surface area contributed by atoms with E-state index in [0.717, 1.165) is 134 Å². The van der Waals surface area contributed by atoms with E-state index in [1.165, 1.54) is 89.9 Å². The van der Waals surface area contributed by atoms with Crippen molar-refractivity contribution in [1.29, 1.82) is 0 Å². The smallest absolute Gasteiger partial charge is 0.120 e. The SMILES string of the molecule is CC(CC=O)CC(C)(C)C.CCC=O.CCCC=O.CCCCC=O.CCCCCC=O.CCCCCCC=O.CCCCCCCC=O.CCCCCCCCC=O. The summed E-state index contributed by atoms with van der Waals surface area (Å²) >= 11 is 0. The zero-order valence-electron chi connectivity index (χ0n) is 41.2. The minimum absolute atomic E-state index is 0.364. The van der Waals surface area contributed by atoms with Gasteiger partial charge in [0.1, 0.15) is 50.3 Å². The lowest BCUT2D eigenvalue weighted by molar-refractivity contribution is -0.109. The highest BCUT2D eigenvalue weighted by atomic mass is 16.1. The lowest BCUT2D eigenvalue weighted by Gasteiger charge is -2.21. The number of carbonyl (C=O) groups is 8. The number of carbonyl (C=O) groups excluding carboxylic acids is 8. The Bertz CT molecular complexity index is 761. The second kappa shape index (κ2) is 83.1. The molecular weight excluding hydrogens is 741 g/mol. The molecule has 0 heterocycles. The molecule has 0 amide bonds. The molecular formula is C51H102O8. The molecule has 0 radical (unpaired) electrons. The van der Waals surface area contributed by atoms with Crippen LogP contribution in [0.15, 0.2) is 0 Å². The first-order chi connectivity index (χ1) is 28.4. The molecule has 0 aromatic rings. The van der Waals surface area contributed by atoms with Gasteiger partial charge in [0.2, 0.25) is 0 Å². The zero-order chi connectivity index (χ0) is 46.9. The van der Waals surface area contributed by atoms with Gasteiger partial charge in [0.05, 0.1) is 0 Å². The molecule has 0 rings (SSSR count). The maximum absolute atomic E-state index is 10.1. The van der Waals surface area contributed by atoms with Gasteiger partial charge < -0.3 is 38.4 Å². The van der Waals surface area contributed by atoms with Gasteiger partial charge in [-0.1, -0.05) is 172 Å². The van der Waals surface area contributed by atoms with Crippen LogP contribution < -0.4 is 0 Å². The normalized spacial score (nSPS) is 9.75. The highest BCUT2D eigenvalue weighted by Crippen LogP contribution is 2.25. The van der Waals surface area contributed by atoms with Crippen molar-refractivity contribution >= 4 is 50.3 Å². The van der Waals surface area contributed by atoms with Gasteiger partial charge in [0.25, 0.3) is 0 Å². The summed E-state index contributed by atoms with van der Waals surface area (Å²) in [6.07, 6.45) is 40.0. The Morgan fingerprint density at radius 2 is 0.576 bits per heavy atom. The molecule has 0 aromatic carbocycles. The molecule has 354 valence electrons. The van der Waals surface area contributed by atoms with E-state index in [0.29, 0.717) is 30.6 Å². The van der Waals surface area contributed by atoms with Crippen molar-refractivity contribution in [2.75, 3.05) is 0 Å². The largest absolute Gasteiger partial charge is 0.303 e. The van der Waals surface area contributed by atoms with E-state index in [9.17, 15) is 38.4 Å². The Morgan fingerprint density at radius 3 is 0.797 bits per heavy atom. The van der Waals surface area contributed by atoms with Crippen LogP contribution in [-0.2, 0) is 38.4 Å². The molecule has 1 unspecified atom stereocenters. The van der Waals surface area contributed by atoms with Crippen LogP contribution in [0.25, 0.3) is 0 Å². The summed E-state index contributed by atoms with van der Waals surface area (Å²) in [6, 6.07) is 0. The van der Waals surface area contributed by atoms with E-state index in [4.69, 9.17) is 0 Å². The van der Waals surface area contributed by atoms with Crippen molar-refractivity contribution < 1.29 is 38.4 Å². The second-order valence-corrected chi connectivity index (χ2v) is 15.9. The van der Waals surface area contributed by atoms with Gasteiger partial charge in [-0.2, -0.15) is 0 Å². The molecule has 0 saturated heterocycles. The van der Waals surface area contributed by atoms with E-state index in [1.54, 1.807) is 0 Å². The van der Waals surface area contributed by atoms with Gasteiger partial charge in [-0.25, -0.2) is 0 Å². The van der Waals surface area contributed by atoms with Crippen LogP contribution in [0.1, 0.15) is 269 Å². The second-order valence-electron chi connectivity index (χ2n) is 15.9.